The molecule has 0 saturated heterocycles. The summed E-state index contributed by atoms with van der Waals surface area (Å²) in [7, 11) is 3.53. The molecule has 0 N–H and O–H groups in total. The number of hydrogen-bond acceptors (Lipinski definition) is 7. The highest BCUT2D eigenvalue weighted by molar-refractivity contribution is 7.89. The number of thiazole rings is 1. The zero-order valence-corrected chi connectivity index (χ0v) is 20.8. The number of nitrogens with zero attached hydrogens (tertiary/aromatic N) is 4. The molecule has 0 radical (unpaired) electrons. The van der Waals surface area contributed by atoms with Crippen LogP contribution in [0.2, 0.25) is 0 Å². The maximum Gasteiger partial charge on any atom is 0.260 e. The summed E-state index contributed by atoms with van der Waals surface area (Å²) >= 11 is 1.42. The van der Waals surface area contributed by atoms with E-state index < -0.39 is 10.0 Å². The third kappa shape index (κ3) is 4.89. The van der Waals surface area contributed by atoms with E-state index >= 15 is 0 Å². The van der Waals surface area contributed by atoms with Gasteiger partial charge in [0.15, 0.2) is 5.13 Å². The van der Waals surface area contributed by atoms with Crippen LogP contribution in [0.4, 0.5) is 5.13 Å². The molecule has 0 spiro atoms. The molecule has 4 rings (SSSR count). The summed E-state index contributed by atoms with van der Waals surface area (Å²) in [6, 6.07) is 11.9. The molecule has 3 aromatic rings. The van der Waals surface area contributed by atoms with Gasteiger partial charge in [0.2, 0.25) is 10.0 Å². The Morgan fingerprint density at radius 1 is 1.09 bits per heavy atom. The normalized spacial score (nSPS) is 14.2. The molecule has 0 unspecified atom stereocenters. The third-order valence-corrected chi connectivity index (χ3v) is 8.64. The standard InChI is InChI=1S/C23H28N4O4S2/c1-25(2)14-15-27(23-24-21-19(31-4)6-5-7-20(21)32-23)22(28)16-8-12-18(13-9-16)33(29,30)26(3)17-10-11-17/h5-9,12-13,17H,10-11,14-15H2,1-4H3. The molecule has 1 saturated carbocycles. The highest BCUT2D eigenvalue weighted by atomic mass is 32.2. The van der Waals surface area contributed by atoms with E-state index in [0.717, 1.165) is 17.5 Å². The minimum Gasteiger partial charge on any atom is -0.494 e. The zero-order chi connectivity index (χ0) is 23.8. The van der Waals surface area contributed by atoms with Crippen molar-refractivity contribution in [3.05, 3.63) is 48.0 Å². The van der Waals surface area contributed by atoms with Gasteiger partial charge >= 0.3 is 0 Å². The van der Waals surface area contributed by atoms with Crippen LogP contribution < -0.4 is 9.64 Å². The molecule has 1 fully saturated rings. The summed E-state index contributed by atoms with van der Waals surface area (Å²) in [4.78, 5) is 22.0. The van der Waals surface area contributed by atoms with Crippen molar-refractivity contribution >= 4 is 42.6 Å². The lowest BCUT2D eigenvalue weighted by Crippen LogP contribution is -2.36. The predicted octanol–water partition coefficient (Wildman–Crippen LogP) is 3.30. The molecule has 2 aromatic carbocycles. The lowest BCUT2D eigenvalue weighted by molar-refractivity contribution is 0.0985. The Hall–Kier alpha value is -2.53. The Morgan fingerprint density at radius 3 is 2.39 bits per heavy atom. The number of para-hydroxylation sites is 1. The van der Waals surface area contributed by atoms with Crippen LogP contribution in [0, 0.1) is 0 Å². The molecule has 1 amide bonds. The molecule has 1 aromatic heterocycles. The molecule has 1 aliphatic rings. The van der Waals surface area contributed by atoms with Crippen molar-refractivity contribution in [1.29, 1.82) is 0 Å². The fourth-order valence-corrected chi connectivity index (χ4v) is 5.93. The molecule has 1 aliphatic carbocycles. The maximum absolute atomic E-state index is 13.5. The van der Waals surface area contributed by atoms with Gasteiger partial charge in [-0.15, -0.1) is 0 Å². The minimum atomic E-state index is -3.56. The van der Waals surface area contributed by atoms with E-state index in [4.69, 9.17) is 9.72 Å². The van der Waals surface area contributed by atoms with Crippen LogP contribution in [0.25, 0.3) is 10.2 Å². The number of rotatable bonds is 9. The van der Waals surface area contributed by atoms with Crippen LogP contribution in [0.1, 0.15) is 23.2 Å². The molecule has 176 valence electrons. The number of fused-ring (bicyclic) bond motifs is 1. The van der Waals surface area contributed by atoms with Crippen molar-refractivity contribution in [1.82, 2.24) is 14.2 Å². The first kappa shape index (κ1) is 23.6. The van der Waals surface area contributed by atoms with E-state index in [-0.39, 0.29) is 16.8 Å². The van der Waals surface area contributed by atoms with Gasteiger partial charge in [-0.25, -0.2) is 13.4 Å². The summed E-state index contributed by atoms with van der Waals surface area (Å²) in [5, 5.41) is 0.575. The highest BCUT2D eigenvalue weighted by Crippen LogP contribution is 2.35. The zero-order valence-electron chi connectivity index (χ0n) is 19.2. The summed E-state index contributed by atoms with van der Waals surface area (Å²) in [6.45, 7) is 1.09. The first-order valence-electron chi connectivity index (χ1n) is 10.7. The van der Waals surface area contributed by atoms with Gasteiger partial charge in [0, 0.05) is 31.7 Å². The van der Waals surface area contributed by atoms with E-state index in [1.54, 1.807) is 31.2 Å². The van der Waals surface area contributed by atoms with Gasteiger partial charge in [-0.1, -0.05) is 17.4 Å². The van der Waals surface area contributed by atoms with E-state index in [1.165, 1.54) is 27.8 Å². The fourth-order valence-electron chi connectivity index (χ4n) is 3.50. The third-order valence-electron chi connectivity index (χ3n) is 5.68. The molecule has 33 heavy (non-hydrogen) atoms. The van der Waals surface area contributed by atoms with Gasteiger partial charge in [-0.05, 0) is 63.3 Å². The van der Waals surface area contributed by atoms with Gasteiger partial charge in [0.25, 0.3) is 5.91 Å². The minimum absolute atomic E-state index is 0.0776. The molecule has 0 aliphatic heterocycles. The van der Waals surface area contributed by atoms with Crippen molar-refractivity contribution in [2.75, 3.05) is 46.2 Å². The Bertz CT molecular complexity index is 1250. The van der Waals surface area contributed by atoms with Gasteiger partial charge < -0.3 is 9.64 Å². The second-order valence-electron chi connectivity index (χ2n) is 8.34. The molecule has 8 nitrogen and oxygen atoms in total. The van der Waals surface area contributed by atoms with Crippen LogP contribution in [-0.4, -0.2) is 75.9 Å². The van der Waals surface area contributed by atoms with Gasteiger partial charge in [0.1, 0.15) is 11.3 Å². The first-order valence-corrected chi connectivity index (χ1v) is 13.0. The lowest BCUT2D eigenvalue weighted by atomic mass is 10.2. The average molecular weight is 489 g/mol. The van der Waals surface area contributed by atoms with E-state index in [9.17, 15) is 13.2 Å². The van der Waals surface area contributed by atoms with Crippen molar-refractivity contribution in [3.8, 4) is 5.75 Å². The molecule has 0 atom stereocenters. The van der Waals surface area contributed by atoms with Crippen LogP contribution in [0.3, 0.4) is 0 Å². The largest absolute Gasteiger partial charge is 0.494 e. The maximum atomic E-state index is 13.5. The van der Waals surface area contributed by atoms with Crippen LogP contribution in [0.5, 0.6) is 5.75 Å². The Morgan fingerprint density at radius 2 is 1.79 bits per heavy atom. The van der Waals surface area contributed by atoms with Crippen molar-refractivity contribution in [2.24, 2.45) is 0 Å². The number of sulfonamides is 1. The summed E-state index contributed by atoms with van der Waals surface area (Å²) in [6.07, 6.45) is 1.78. The quantitative estimate of drug-likeness (QED) is 0.460. The van der Waals surface area contributed by atoms with E-state index in [1.807, 2.05) is 37.2 Å². The lowest BCUT2D eigenvalue weighted by Gasteiger charge is -2.22. The highest BCUT2D eigenvalue weighted by Gasteiger charge is 2.35. The Balaban J connectivity index is 1.64. The van der Waals surface area contributed by atoms with Gasteiger partial charge in [-0.2, -0.15) is 4.31 Å². The number of benzene rings is 2. The molecular formula is C23H28N4O4S2. The SMILES string of the molecule is COc1cccc2sc(N(CCN(C)C)C(=O)c3ccc(S(=O)(=O)N(C)C4CC4)cc3)nc12. The van der Waals surface area contributed by atoms with E-state index in [2.05, 4.69) is 0 Å². The Labute approximate surface area is 198 Å². The molecule has 0 bridgehead atoms. The summed E-state index contributed by atoms with van der Waals surface area (Å²) < 4.78 is 33.4. The fraction of sp³-hybridized carbons (Fsp3) is 0.391. The second-order valence-corrected chi connectivity index (χ2v) is 11.3. The second kappa shape index (κ2) is 9.38. The first-order chi connectivity index (χ1) is 15.7. The number of ether oxygens (including phenoxy) is 1. The number of hydrogen-bond donors (Lipinski definition) is 0. The Kier molecular flexibility index (Phi) is 6.71. The average Bonchev–Trinajstić information content (AvgIpc) is 3.56. The van der Waals surface area contributed by atoms with Crippen molar-refractivity contribution in [3.63, 3.8) is 0 Å². The van der Waals surface area contributed by atoms with E-state index in [0.29, 0.717) is 35.1 Å². The smallest absolute Gasteiger partial charge is 0.260 e. The number of aromatic nitrogens is 1. The van der Waals surface area contributed by atoms with Crippen LogP contribution in [0.15, 0.2) is 47.4 Å². The van der Waals surface area contributed by atoms with Crippen LogP contribution in [-0.2, 0) is 10.0 Å². The number of carbonyl (C=O) groups excluding carboxylic acids is 1. The van der Waals surface area contributed by atoms with Crippen molar-refractivity contribution < 1.29 is 17.9 Å². The van der Waals surface area contributed by atoms with Crippen LogP contribution >= 0.6 is 11.3 Å². The molecule has 1 heterocycles. The topological polar surface area (TPSA) is 83.0 Å². The predicted molar refractivity (Wildman–Crippen MR) is 131 cm³/mol. The summed E-state index contributed by atoms with van der Waals surface area (Å²) in [5.74, 6) is 0.429. The number of likely N-dealkylation sites (N-methyl/N-ethyl adjacent to an activating group) is 1. The number of amides is 1. The van der Waals surface area contributed by atoms with Crippen molar-refractivity contribution in [2.45, 2.75) is 23.8 Å². The summed E-state index contributed by atoms with van der Waals surface area (Å²) in [5.41, 5.74) is 1.13. The monoisotopic (exact) mass is 488 g/mol. The molecular weight excluding hydrogens is 460 g/mol. The van der Waals surface area contributed by atoms with Gasteiger partial charge in [-0.3, -0.25) is 9.69 Å². The number of methoxy groups -OCH3 is 1. The molecule has 10 heteroatoms. The number of anilines is 1. The number of carbonyl (C=O) groups is 1. The van der Waals surface area contributed by atoms with Gasteiger partial charge in [0.05, 0.1) is 16.7 Å².